The van der Waals surface area contributed by atoms with Crippen LogP contribution in [0.4, 0.5) is 11.6 Å². The molecule has 6 N–H and O–H groups in total. The number of thiophene rings is 1. The molecule has 3 heterocycles. The van der Waals surface area contributed by atoms with Gasteiger partial charge in [0.15, 0.2) is 0 Å². The number of benzene rings is 1. The van der Waals surface area contributed by atoms with Crippen molar-refractivity contribution in [2.24, 2.45) is 11.5 Å². The van der Waals surface area contributed by atoms with Crippen molar-refractivity contribution in [1.82, 2.24) is 9.97 Å². The molecule has 1 aliphatic heterocycles. The molecule has 0 atom stereocenters. The molecule has 0 radical (unpaired) electrons. The first kappa shape index (κ1) is 18.5. The summed E-state index contributed by atoms with van der Waals surface area (Å²) in [7, 11) is 0. The van der Waals surface area contributed by atoms with E-state index in [1.165, 1.54) is 0 Å². The Morgan fingerprint density at radius 1 is 1.21 bits per heavy atom. The zero-order valence-corrected chi connectivity index (χ0v) is 16.1. The fourth-order valence-corrected chi connectivity index (χ4v) is 4.17. The van der Waals surface area contributed by atoms with E-state index in [1.54, 1.807) is 0 Å². The second-order valence-corrected chi connectivity index (χ2v) is 7.82. The number of nitrogens with two attached hydrogens (primary N) is 3. The first-order valence-corrected chi connectivity index (χ1v) is 9.91. The van der Waals surface area contributed by atoms with Crippen molar-refractivity contribution < 1.29 is 9.53 Å². The number of fused-ring (bicyclic) bond motifs is 1. The van der Waals surface area contributed by atoms with Gasteiger partial charge in [-0.1, -0.05) is 30.3 Å². The normalized spacial score (nSPS) is 15.1. The van der Waals surface area contributed by atoms with Crippen LogP contribution in [0.5, 0.6) is 5.88 Å². The van der Waals surface area contributed by atoms with Gasteiger partial charge in [-0.15, -0.1) is 11.3 Å². The van der Waals surface area contributed by atoms with Crippen LogP contribution in [0.15, 0.2) is 30.3 Å². The molecule has 4 rings (SSSR count). The first-order chi connectivity index (χ1) is 13.5. The summed E-state index contributed by atoms with van der Waals surface area (Å²) in [6, 6.07) is 9.98. The Labute approximate surface area is 166 Å². The van der Waals surface area contributed by atoms with Crippen LogP contribution in [0.25, 0.3) is 10.2 Å². The van der Waals surface area contributed by atoms with E-state index in [9.17, 15) is 4.79 Å². The van der Waals surface area contributed by atoms with Gasteiger partial charge in [0.1, 0.15) is 16.3 Å². The number of hydrogen-bond acceptors (Lipinski definition) is 8. The predicted octanol–water partition coefficient (Wildman–Crippen LogP) is 1.88. The smallest absolute Gasteiger partial charge is 0.260 e. The third-order valence-corrected chi connectivity index (χ3v) is 5.92. The number of aromatic nitrogens is 2. The van der Waals surface area contributed by atoms with Gasteiger partial charge in [-0.05, 0) is 18.4 Å². The lowest BCUT2D eigenvalue weighted by Gasteiger charge is -2.30. The molecule has 0 saturated carbocycles. The predicted molar refractivity (Wildman–Crippen MR) is 111 cm³/mol. The molecular weight excluding hydrogens is 376 g/mol. The van der Waals surface area contributed by atoms with Crippen molar-refractivity contribution in [2.75, 3.05) is 23.7 Å². The highest BCUT2D eigenvalue weighted by Crippen LogP contribution is 2.39. The minimum Gasteiger partial charge on any atom is -0.472 e. The number of anilines is 2. The molecular formula is C19H22N6O2S. The van der Waals surface area contributed by atoms with E-state index >= 15 is 0 Å². The molecule has 2 aromatic heterocycles. The highest BCUT2D eigenvalue weighted by Gasteiger charge is 2.24. The standard InChI is InChI=1S/C19H22N6O2S/c20-12-6-8-25(9-7-12)19-23-17(27-10-11-4-2-1-3-5-11)13-14(21)15(16(22)26)28-18(13)24-19/h1-5,12H,6-10,20-21H2,(H2,22,26). The highest BCUT2D eigenvalue weighted by molar-refractivity contribution is 7.21. The number of primary amides is 1. The minimum absolute atomic E-state index is 0.202. The number of carbonyl (C=O) groups is 1. The van der Waals surface area contributed by atoms with Crippen LogP contribution in [0.3, 0.4) is 0 Å². The van der Waals surface area contributed by atoms with Gasteiger partial charge >= 0.3 is 0 Å². The third kappa shape index (κ3) is 3.58. The monoisotopic (exact) mass is 398 g/mol. The number of rotatable bonds is 5. The number of nitrogens with zero attached hydrogens (tertiary/aromatic N) is 3. The molecule has 3 aromatic rings. The Bertz CT molecular complexity index is 999. The maximum Gasteiger partial charge on any atom is 0.260 e. The van der Waals surface area contributed by atoms with Gasteiger partial charge in [-0.3, -0.25) is 4.79 Å². The summed E-state index contributed by atoms with van der Waals surface area (Å²) in [5.74, 6) is 0.333. The Morgan fingerprint density at radius 2 is 1.93 bits per heavy atom. The van der Waals surface area contributed by atoms with Crippen molar-refractivity contribution >= 4 is 39.1 Å². The summed E-state index contributed by atoms with van der Waals surface area (Å²) in [5, 5.41) is 0.534. The van der Waals surface area contributed by atoms with Crippen molar-refractivity contribution in [3.05, 3.63) is 40.8 Å². The molecule has 1 saturated heterocycles. The Morgan fingerprint density at radius 3 is 2.61 bits per heavy atom. The molecule has 1 aromatic carbocycles. The molecule has 0 spiro atoms. The molecule has 28 heavy (non-hydrogen) atoms. The fourth-order valence-electron chi connectivity index (χ4n) is 3.23. The molecule has 146 valence electrons. The van der Waals surface area contributed by atoms with Crippen LogP contribution in [0.1, 0.15) is 28.1 Å². The van der Waals surface area contributed by atoms with E-state index in [0.29, 0.717) is 28.7 Å². The number of hydrogen-bond donors (Lipinski definition) is 3. The molecule has 1 aliphatic rings. The summed E-state index contributed by atoms with van der Waals surface area (Å²) >= 11 is 1.16. The first-order valence-electron chi connectivity index (χ1n) is 9.10. The van der Waals surface area contributed by atoms with Gasteiger partial charge in [-0.2, -0.15) is 4.98 Å². The van der Waals surface area contributed by atoms with E-state index in [4.69, 9.17) is 21.9 Å². The molecule has 0 aliphatic carbocycles. The molecule has 1 fully saturated rings. The summed E-state index contributed by atoms with van der Waals surface area (Å²) in [5.41, 5.74) is 18.9. The van der Waals surface area contributed by atoms with Gasteiger partial charge in [0.25, 0.3) is 5.91 Å². The van der Waals surface area contributed by atoms with Gasteiger partial charge in [0.2, 0.25) is 11.8 Å². The summed E-state index contributed by atoms with van der Waals surface area (Å²) in [6.45, 7) is 1.88. The lowest BCUT2D eigenvalue weighted by molar-refractivity contribution is 0.100. The summed E-state index contributed by atoms with van der Waals surface area (Å²) < 4.78 is 6.00. The fraction of sp³-hybridized carbons (Fsp3) is 0.316. The van der Waals surface area contributed by atoms with Crippen LogP contribution >= 0.6 is 11.3 Å². The second kappa shape index (κ2) is 7.61. The summed E-state index contributed by atoms with van der Waals surface area (Å²) in [4.78, 5) is 23.9. The molecule has 0 bridgehead atoms. The second-order valence-electron chi connectivity index (χ2n) is 6.82. The number of ether oxygens (including phenoxy) is 1. The van der Waals surface area contributed by atoms with Crippen molar-refractivity contribution in [2.45, 2.75) is 25.5 Å². The third-order valence-electron chi connectivity index (χ3n) is 4.81. The largest absolute Gasteiger partial charge is 0.472 e. The quantitative estimate of drug-likeness (QED) is 0.597. The Balaban J connectivity index is 1.74. The van der Waals surface area contributed by atoms with Crippen molar-refractivity contribution in [3.8, 4) is 5.88 Å². The van der Waals surface area contributed by atoms with Crippen molar-refractivity contribution in [3.63, 3.8) is 0 Å². The Kier molecular flexibility index (Phi) is 5.01. The highest BCUT2D eigenvalue weighted by atomic mass is 32.1. The number of nitrogen functional groups attached to an aromatic ring is 1. The maximum atomic E-state index is 11.7. The van der Waals surface area contributed by atoms with Gasteiger partial charge in [0.05, 0.1) is 11.1 Å². The molecule has 1 amide bonds. The molecule has 8 nitrogen and oxygen atoms in total. The topological polar surface area (TPSA) is 133 Å². The van der Waals surface area contributed by atoms with Crippen LogP contribution < -0.4 is 26.8 Å². The zero-order chi connectivity index (χ0) is 19.7. The van der Waals surface area contributed by atoms with Crippen LogP contribution in [0.2, 0.25) is 0 Å². The lowest BCUT2D eigenvalue weighted by atomic mass is 10.1. The minimum atomic E-state index is -0.583. The van der Waals surface area contributed by atoms with Gasteiger partial charge in [0, 0.05) is 19.1 Å². The van der Waals surface area contributed by atoms with Crippen LogP contribution in [0, 0.1) is 0 Å². The van der Waals surface area contributed by atoms with Gasteiger partial charge in [-0.25, -0.2) is 4.98 Å². The average molecular weight is 398 g/mol. The van der Waals surface area contributed by atoms with Crippen LogP contribution in [-0.2, 0) is 6.61 Å². The van der Waals surface area contributed by atoms with E-state index in [-0.39, 0.29) is 16.6 Å². The SMILES string of the molecule is NC(=O)c1sc2nc(N3CCC(N)CC3)nc(OCc3ccccc3)c2c1N. The number of amides is 1. The van der Waals surface area contributed by atoms with Crippen molar-refractivity contribution in [1.29, 1.82) is 0 Å². The molecule has 9 heteroatoms. The van der Waals surface area contributed by atoms with Gasteiger partial charge < -0.3 is 26.8 Å². The zero-order valence-electron chi connectivity index (χ0n) is 15.3. The maximum absolute atomic E-state index is 11.7. The van der Waals surface area contributed by atoms with E-state index in [0.717, 1.165) is 42.8 Å². The van der Waals surface area contributed by atoms with Crippen LogP contribution in [-0.4, -0.2) is 35.0 Å². The van der Waals surface area contributed by atoms with E-state index < -0.39 is 5.91 Å². The number of carbonyl (C=O) groups excluding carboxylic acids is 1. The summed E-state index contributed by atoms with van der Waals surface area (Å²) in [6.07, 6.45) is 1.75. The van der Waals surface area contributed by atoms with E-state index in [2.05, 4.69) is 14.9 Å². The lowest BCUT2D eigenvalue weighted by Crippen LogP contribution is -2.40. The Hall–Kier alpha value is -2.91. The molecule has 0 unspecified atom stereocenters. The average Bonchev–Trinajstić information content (AvgIpc) is 3.04. The number of piperidine rings is 1. The van der Waals surface area contributed by atoms with E-state index in [1.807, 2.05) is 30.3 Å².